The number of carbonyl (C=O) groups excluding carboxylic acids is 1. The molecule has 0 saturated carbocycles. The molecule has 2 aliphatic heterocycles. The number of benzene rings is 1. The van der Waals surface area contributed by atoms with E-state index in [4.69, 9.17) is 19.6 Å². The summed E-state index contributed by atoms with van der Waals surface area (Å²) in [6.07, 6.45) is 6.44. The maximum absolute atomic E-state index is 14.4. The lowest BCUT2D eigenvalue weighted by atomic mass is 10.0. The van der Waals surface area contributed by atoms with Gasteiger partial charge in [0.1, 0.15) is 11.3 Å². The van der Waals surface area contributed by atoms with Gasteiger partial charge in [0.2, 0.25) is 5.91 Å². The van der Waals surface area contributed by atoms with Crippen LogP contribution in [0.25, 0.3) is 28.2 Å². The molecule has 0 unspecified atom stereocenters. The van der Waals surface area contributed by atoms with Crippen LogP contribution in [-0.4, -0.2) is 56.8 Å². The molecule has 1 saturated heterocycles. The fourth-order valence-corrected chi connectivity index (χ4v) is 5.33. The zero-order valence-corrected chi connectivity index (χ0v) is 20.4. The quantitative estimate of drug-likeness (QED) is 0.428. The van der Waals surface area contributed by atoms with Crippen LogP contribution in [0.3, 0.4) is 0 Å². The largest absolute Gasteiger partial charge is 0.494 e. The van der Waals surface area contributed by atoms with Gasteiger partial charge in [-0.2, -0.15) is 5.10 Å². The van der Waals surface area contributed by atoms with Crippen molar-refractivity contribution < 1.29 is 18.7 Å². The van der Waals surface area contributed by atoms with Crippen LogP contribution in [0.1, 0.15) is 37.1 Å². The van der Waals surface area contributed by atoms with Crippen molar-refractivity contribution in [3.8, 4) is 28.3 Å². The van der Waals surface area contributed by atoms with E-state index < -0.39 is 5.82 Å². The topological polar surface area (TPSA) is 73.9 Å². The number of imidazole rings is 1. The monoisotopic (exact) mass is 489 g/mol. The molecule has 2 aliphatic rings. The van der Waals surface area contributed by atoms with E-state index in [0.29, 0.717) is 24.3 Å². The van der Waals surface area contributed by atoms with Crippen molar-refractivity contribution in [2.45, 2.75) is 38.8 Å². The molecule has 8 nitrogen and oxygen atoms in total. The van der Waals surface area contributed by atoms with Crippen LogP contribution in [-0.2, 0) is 22.5 Å². The third-order valence-corrected chi connectivity index (χ3v) is 7.25. The number of ether oxygens (including phenoxy) is 2. The number of rotatable bonds is 4. The Balaban J connectivity index is 1.48. The zero-order valence-electron chi connectivity index (χ0n) is 20.4. The normalized spacial score (nSPS) is 16.4. The van der Waals surface area contributed by atoms with Gasteiger partial charge in [-0.3, -0.25) is 9.48 Å². The summed E-state index contributed by atoms with van der Waals surface area (Å²) < 4.78 is 29.2. The average Bonchev–Trinajstić information content (AvgIpc) is 3.51. The lowest BCUT2D eigenvalue weighted by Crippen LogP contribution is -2.35. The van der Waals surface area contributed by atoms with Gasteiger partial charge in [-0.15, -0.1) is 0 Å². The van der Waals surface area contributed by atoms with Crippen molar-refractivity contribution in [2.24, 2.45) is 0 Å². The standard InChI is InChI=1S/C27H28FN5O3/c1-17(34)31-11-7-24-21(15-31)26(30-33(24)19-8-12-36-13-9-19)20-4-3-10-32-16-23(29-27(20)32)18-5-6-25(35-2)22(28)14-18/h3-6,10,14,16,19H,7-9,11-13,15H2,1-2H3. The molecule has 1 fully saturated rings. The van der Waals surface area contributed by atoms with E-state index in [0.717, 1.165) is 54.9 Å². The van der Waals surface area contributed by atoms with E-state index in [1.165, 1.54) is 18.9 Å². The molecule has 1 aromatic carbocycles. The van der Waals surface area contributed by atoms with Crippen molar-refractivity contribution in [1.29, 1.82) is 0 Å². The maximum atomic E-state index is 14.4. The zero-order chi connectivity index (χ0) is 24.8. The van der Waals surface area contributed by atoms with Gasteiger partial charge in [0.05, 0.1) is 18.8 Å². The lowest BCUT2D eigenvalue weighted by molar-refractivity contribution is -0.129. The van der Waals surface area contributed by atoms with Crippen LogP contribution in [0.2, 0.25) is 0 Å². The highest BCUT2D eigenvalue weighted by Crippen LogP contribution is 2.36. The summed E-state index contributed by atoms with van der Waals surface area (Å²) in [6, 6.07) is 9.11. The molecule has 0 bridgehead atoms. The molecule has 0 N–H and O–H groups in total. The second kappa shape index (κ2) is 9.05. The highest BCUT2D eigenvalue weighted by Gasteiger charge is 2.31. The summed E-state index contributed by atoms with van der Waals surface area (Å²) in [5.74, 6) is -0.169. The number of hydrogen-bond acceptors (Lipinski definition) is 5. The van der Waals surface area contributed by atoms with Gasteiger partial charge in [0.15, 0.2) is 11.6 Å². The maximum Gasteiger partial charge on any atom is 0.219 e. The van der Waals surface area contributed by atoms with Crippen molar-refractivity contribution in [3.05, 3.63) is 59.8 Å². The van der Waals surface area contributed by atoms with E-state index in [1.54, 1.807) is 19.1 Å². The second-order valence-corrected chi connectivity index (χ2v) is 9.38. The van der Waals surface area contributed by atoms with Crippen LogP contribution in [0.4, 0.5) is 4.39 Å². The Labute approximate surface area is 208 Å². The summed E-state index contributed by atoms with van der Waals surface area (Å²) in [5, 5.41) is 5.14. The highest BCUT2D eigenvalue weighted by atomic mass is 19.1. The highest BCUT2D eigenvalue weighted by molar-refractivity contribution is 5.81. The molecule has 3 aromatic heterocycles. The van der Waals surface area contributed by atoms with Gasteiger partial charge in [-0.25, -0.2) is 9.37 Å². The molecular formula is C27H28FN5O3. The first-order valence-corrected chi connectivity index (χ1v) is 12.3. The third kappa shape index (κ3) is 3.83. The van der Waals surface area contributed by atoms with Gasteiger partial charge in [-0.05, 0) is 43.2 Å². The molecule has 0 radical (unpaired) electrons. The first-order chi connectivity index (χ1) is 17.5. The van der Waals surface area contributed by atoms with E-state index in [2.05, 4.69) is 4.68 Å². The van der Waals surface area contributed by atoms with Gasteiger partial charge in [-0.1, -0.05) is 0 Å². The van der Waals surface area contributed by atoms with Crippen LogP contribution in [0.5, 0.6) is 5.75 Å². The summed E-state index contributed by atoms with van der Waals surface area (Å²) in [7, 11) is 1.45. The number of halogens is 1. The van der Waals surface area contributed by atoms with E-state index in [9.17, 15) is 9.18 Å². The predicted molar refractivity (Wildman–Crippen MR) is 132 cm³/mol. The van der Waals surface area contributed by atoms with Crippen LogP contribution in [0, 0.1) is 5.82 Å². The summed E-state index contributed by atoms with van der Waals surface area (Å²) in [6.45, 7) is 4.29. The number of carbonyl (C=O) groups is 1. The molecule has 36 heavy (non-hydrogen) atoms. The minimum atomic E-state index is -0.430. The smallest absolute Gasteiger partial charge is 0.219 e. The molecule has 0 aliphatic carbocycles. The first kappa shape index (κ1) is 22.7. The summed E-state index contributed by atoms with van der Waals surface area (Å²) in [5.41, 5.74) is 6.09. The van der Waals surface area contributed by atoms with Gasteiger partial charge >= 0.3 is 0 Å². The van der Waals surface area contributed by atoms with Gasteiger partial charge in [0, 0.05) is 74.4 Å². The van der Waals surface area contributed by atoms with Gasteiger partial charge in [0.25, 0.3) is 0 Å². The molecule has 0 atom stereocenters. The average molecular weight is 490 g/mol. The van der Waals surface area contributed by atoms with E-state index in [1.807, 2.05) is 33.8 Å². The lowest BCUT2D eigenvalue weighted by Gasteiger charge is -2.29. The Kier molecular flexibility index (Phi) is 5.72. The second-order valence-electron chi connectivity index (χ2n) is 9.38. The third-order valence-electron chi connectivity index (χ3n) is 7.25. The van der Waals surface area contributed by atoms with Crippen LogP contribution in [0.15, 0.2) is 42.7 Å². The summed E-state index contributed by atoms with van der Waals surface area (Å²) in [4.78, 5) is 19.0. The summed E-state index contributed by atoms with van der Waals surface area (Å²) >= 11 is 0. The molecule has 9 heteroatoms. The predicted octanol–water partition coefficient (Wildman–Crippen LogP) is 4.27. The molecule has 5 heterocycles. The Morgan fingerprint density at radius 3 is 2.81 bits per heavy atom. The number of pyridine rings is 1. The number of methoxy groups -OCH3 is 1. The molecular weight excluding hydrogens is 461 g/mol. The fraction of sp³-hybridized carbons (Fsp3) is 0.370. The Bertz CT molecular complexity index is 1450. The molecule has 0 spiro atoms. The number of hydrogen-bond donors (Lipinski definition) is 0. The van der Waals surface area contributed by atoms with E-state index >= 15 is 0 Å². The van der Waals surface area contributed by atoms with Gasteiger partial charge < -0.3 is 18.8 Å². The Hall–Kier alpha value is -3.72. The van der Waals surface area contributed by atoms with E-state index in [-0.39, 0.29) is 17.7 Å². The molecule has 186 valence electrons. The van der Waals surface area contributed by atoms with Crippen molar-refractivity contribution in [3.63, 3.8) is 0 Å². The molecule has 1 amide bonds. The van der Waals surface area contributed by atoms with Crippen molar-refractivity contribution in [1.82, 2.24) is 24.1 Å². The number of aromatic nitrogens is 4. The number of amides is 1. The minimum absolute atomic E-state index is 0.0632. The fourth-order valence-electron chi connectivity index (χ4n) is 5.33. The number of fused-ring (bicyclic) bond motifs is 2. The number of nitrogens with zero attached hydrogens (tertiary/aromatic N) is 5. The molecule has 4 aromatic rings. The first-order valence-electron chi connectivity index (χ1n) is 12.3. The van der Waals surface area contributed by atoms with Crippen LogP contribution < -0.4 is 4.74 Å². The Morgan fingerprint density at radius 2 is 2.06 bits per heavy atom. The van der Waals surface area contributed by atoms with Crippen LogP contribution >= 0.6 is 0 Å². The Morgan fingerprint density at radius 1 is 1.22 bits per heavy atom. The SMILES string of the molecule is COc1ccc(-c2cn3cccc(-c4nn(C5CCOCC5)c5c4CN(C(C)=O)CC5)c3n2)cc1F. The van der Waals surface area contributed by atoms with Crippen molar-refractivity contribution in [2.75, 3.05) is 26.9 Å². The minimum Gasteiger partial charge on any atom is -0.494 e. The molecule has 6 rings (SSSR count). The van der Waals surface area contributed by atoms with Crippen molar-refractivity contribution >= 4 is 11.6 Å².